The highest BCUT2D eigenvalue weighted by Gasteiger charge is 2.19. The highest BCUT2D eigenvalue weighted by Crippen LogP contribution is 2.27. The van der Waals surface area contributed by atoms with Crippen molar-refractivity contribution in [2.75, 3.05) is 18.5 Å². The summed E-state index contributed by atoms with van der Waals surface area (Å²) in [6.07, 6.45) is 1.59. The number of pyridine rings is 1. The van der Waals surface area contributed by atoms with E-state index in [4.69, 9.17) is 4.74 Å². The molecular formula is C16H19IN2O3. The van der Waals surface area contributed by atoms with E-state index in [1.54, 1.807) is 13.1 Å². The number of nitrogens with zero attached hydrogens (tertiary/aromatic N) is 1. The van der Waals surface area contributed by atoms with Gasteiger partial charge in [0.05, 0.1) is 23.2 Å². The first-order valence-electron chi connectivity index (χ1n) is 7.31. The van der Waals surface area contributed by atoms with E-state index in [1.165, 1.54) is 0 Å². The fourth-order valence-electron chi connectivity index (χ4n) is 2.42. The van der Waals surface area contributed by atoms with Crippen molar-refractivity contribution in [3.8, 4) is 0 Å². The number of anilines is 1. The molecule has 0 atom stereocenters. The Morgan fingerprint density at radius 1 is 1.32 bits per heavy atom. The minimum atomic E-state index is -0.571. The van der Waals surface area contributed by atoms with Gasteiger partial charge in [-0.25, -0.2) is 4.79 Å². The minimum Gasteiger partial charge on any atom is -0.462 e. The molecule has 0 saturated heterocycles. The van der Waals surface area contributed by atoms with E-state index < -0.39 is 5.97 Å². The van der Waals surface area contributed by atoms with Crippen LogP contribution in [0, 0.1) is 3.57 Å². The van der Waals surface area contributed by atoms with Crippen molar-refractivity contribution < 1.29 is 9.53 Å². The second-order valence-electron chi connectivity index (χ2n) is 4.73. The lowest BCUT2D eigenvalue weighted by Gasteiger charge is -2.15. The van der Waals surface area contributed by atoms with Crippen molar-refractivity contribution in [3.05, 3.63) is 37.7 Å². The quantitative estimate of drug-likeness (QED) is 0.603. The van der Waals surface area contributed by atoms with Crippen LogP contribution in [0.3, 0.4) is 0 Å². The van der Waals surface area contributed by atoms with Crippen molar-refractivity contribution >= 4 is 45.2 Å². The van der Waals surface area contributed by atoms with Crippen LogP contribution in [-0.2, 0) is 11.3 Å². The Kier molecular flexibility index (Phi) is 5.44. The highest BCUT2D eigenvalue weighted by molar-refractivity contribution is 14.1. The first kappa shape index (κ1) is 16.8. The summed E-state index contributed by atoms with van der Waals surface area (Å²) in [4.78, 5) is 24.9. The predicted molar refractivity (Wildman–Crippen MR) is 96.7 cm³/mol. The molecule has 2 rings (SSSR count). The zero-order valence-corrected chi connectivity index (χ0v) is 15.1. The third-order valence-electron chi connectivity index (χ3n) is 3.39. The van der Waals surface area contributed by atoms with Gasteiger partial charge in [-0.05, 0) is 55.5 Å². The Hall–Kier alpha value is -1.57. The molecule has 1 N–H and O–H groups in total. The normalized spacial score (nSPS) is 10.7. The van der Waals surface area contributed by atoms with Gasteiger partial charge in [-0.3, -0.25) is 4.79 Å². The molecule has 0 amide bonds. The Morgan fingerprint density at radius 2 is 2.05 bits per heavy atom. The van der Waals surface area contributed by atoms with Gasteiger partial charge in [0.1, 0.15) is 5.56 Å². The molecule has 22 heavy (non-hydrogen) atoms. The number of fused-ring (bicyclic) bond motifs is 1. The SMILES string of the molecule is CCNc1c(I)ccc2c1c(=O)c(C(=O)OCC)cn2CC. The van der Waals surface area contributed by atoms with Gasteiger partial charge in [-0.2, -0.15) is 0 Å². The lowest BCUT2D eigenvalue weighted by Crippen LogP contribution is -2.22. The number of rotatable bonds is 5. The van der Waals surface area contributed by atoms with Gasteiger partial charge in [0.25, 0.3) is 0 Å². The number of esters is 1. The molecule has 0 spiro atoms. The summed E-state index contributed by atoms with van der Waals surface area (Å²) in [6.45, 7) is 7.28. The first-order valence-corrected chi connectivity index (χ1v) is 8.39. The summed E-state index contributed by atoms with van der Waals surface area (Å²) in [5, 5.41) is 3.78. The monoisotopic (exact) mass is 414 g/mol. The predicted octanol–water partition coefficient (Wildman–Crippen LogP) is 3.23. The molecule has 0 unspecified atom stereocenters. The topological polar surface area (TPSA) is 60.3 Å². The third kappa shape index (κ3) is 2.97. The van der Waals surface area contributed by atoms with Crippen LogP contribution in [0.25, 0.3) is 10.9 Å². The van der Waals surface area contributed by atoms with Crippen molar-refractivity contribution in [3.63, 3.8) is 0 Å². The summed E-state index contributed by atoms with van der Waals surface area (Å²) in [6, 6.07) is 3.88. The van der Waals surface area contributed by atoms with Crippen molar-refractivity contribution in [1.82, 2.24) is 4.57 Å². The van der Waals surface area contributed by atoms with Crippen LogP contribution < -0.4 is 10.7 Å². The fraction of sp³-hybridized carbons (Fsp3) is 0.375. The molecule has 0 aliphatic heterocycles. The second kappa shape index (κ2) is 7.13. The largest absolute Gasteiger partial charge is 0.462 e. The highest BCUT2D eigenvalue weighted by atomic mass is 127. The molecule has 0 bridgehead atoms. The van der Waals surface area contributed by atoms with Crippen LogP contribution in [0.5, 0.6) is 0 Å². The molecule has 2 aromatic rings. The van der Waals surface area contributed by atoms with Crippen molar-refractivity contribution in [2.24, 2.45) is 0 Å². The van der Waals surface area contributed by atoms with E-state index in [0.717, 1.165) is 14.8 Å². The molecule has 6 heteroatoms. The van der Waals surface area contributed by atoms with Crippen LogP contribution in [0.2, 0.25) is 0 Å². The van der Waals surface area contributed by atoms with E-state index in [1.807, 2.05) is 30.5 Å². The number of halogens is 1. The summed E-state index contributed by atoms with van der Waals surface area (Å²) in [7, 11) is 0. The molecule has 5 nitrogen and oxygen atoms in total. The first-order chi connectivity index (χ1) is 10.5. The third-order valence-corrected chi connectivity index (χ3v) is 4.29. The van der Waals surface area contributed by atoms with Crippen LogP contribution in [0.15, 0.2) is 23.1 Å². The van der Waals surface area contributed by atoms with Gasteiger partial charge >= 0.3 is 5.97 Å². The number of aryl methyl sites for hydroxylation is 1. The number of hydrogen-bond donors (Lipinski definition) is 1. The number of carbonyl (C=O) groups is 1. The summed E-state index contributed by atoms with van der Waals surface area (Å²) >= 11 is 2.19. The second-order valence-corrected chi connectivity index (χ2v) is 5.89. The lowest BCUT2D eigenvalue weighted by atomic mass is 10.1. The van der Waals surface area contributed by atoms with Gasteiger partial charge < -0.3 is 14.6 Å². The summed E-state index contributed by atoms with van der Waals surface area (Å²) in [5.41, 5.74) is 1.39. The van der Waals surface area contributed by atoms with Gasteiger partial charge in [-0.15, -0.1) is 0 Å². The standard InChI is InChI=1S/C16H19IN2O3/c1-4-18-14-11(17)7-8-12-13(14)15(20)10(9-19(12)5-2)16(21)22-6-3/h7-9,18H,4-6H2,1-3H3. The zero-order valence-electron chi connectivity index (χ0n) is 12.9. The molecular weight excluding hydrogens is 395 g/mol. The molecule has 1 heterocycles. The molecule has 1 aromatic heterocycles. The minimum absolute atomic E-state index is 0.0809. The molecule has 0 aliphatic carbocycles. The Balaban J connectivity index is 2.86. The molecule has 118 valence electrons. The van der Waals surface area contributed by atoms with Crippen LogP contribution >= 0.6 is 22.6 Å². The Morgan fingerprint density at radius 3 is 2.64 bits per heavy atom. The molecule has 0 saturated carbocycles. The van der Waals surface area contributed by atoms with Crippen LogP contribution in [0.1, 0.15) is 31.1 Å². The average Bonchev–Trinajstić information content (AvgIpc) is 2.50. The van der Waals surface area contributed by atoms with Gasteiger partial charge in [0.2, 0.25) is 5.43 Å². The summed E-state index contributed by atoms with van der Waals surface area (Å²) in [5.74, 6) is -0.571. The Bertz CT molecular complexity index is 768. The summed E-state index contributed by atoms with van der Waals surface area (Å²) < 4.78 is 7.87. The maximum atomic E-state index is 12.8. The maximum absolute atomic E-state index is 12.8. The van der Waals surface area contributed by atoms with Crippen molar-refractivity contribution in [1.29, 1.82) is 0 Å². The van der Waals surface area contributed by atoms with Crippen LogP contribution in [-0.4, -0.2) is 23.7 Å². The van der Waals surface area contributed by atoms with E-state index >= 15 is 0 Å². The number of hydrogen-bond acceptors (Lipinski definition) is 4. The molecule has 0 radical (unpaired) electrons. The average molecular weight is 414 g/mol. The van der Waals surface area contributed by atoms with E-state index in [-0.39, 0.29) is 17.6 Å². The number of nitrogens with one attached hydrogen (secondary N) is 1. The number of ether oxygens (including phenoxy) is 1. The fourth-order valence-corrected chi connectivity index (χ4v) is 3.06. The van der Waals surface area contributed by atoms with E-state index in [0.29, 0.717) is 18.5 Å². The smallest absolute Gasteiger partial charge is 0.343 e. The molecule has 1 aromatic carbocycles. The van der Waals surface area contributed by atoms with Gasteiger partial charge in [0.15, 0.2) is 0 Å². The number of carbonyl (C=O) groups excluding carboxylic acids is 1. The maximum Gasteiger partial charge on any atom is 0.343 e. The number of aromatic nitrogens is 1. The molecule has 0 fully saturated rings. The van der Waals surface area contributed by atoms with Gasteiger partial charge in [-0.1, -0.05) is 0 Å². The van der Waals surface area contributed by atoms with E-state index in [9.17, 15) is 9.59 Å². The van der Waals surface area contributed by atoms with Crippen LogP contribution in [0.4, 0.5) is 5.69 Å². The molecule has 0 aliphatic rings. The van der Waals surface area contributed by atoms with E-state index in [2.05, 4.69) is 27.9 Å². The zero-order chi connectivity index (χ0) is 16.3. The Labute approximate surface area is 142 Å². The van der Waals surface area contributed by atoms with Gasteiger partial charge in [0, 0.05) is 22.9 Å². The van der Waals surface area contributed by atoms with Crippen molar-refractivity contribution in [2.45, 2.75) is 27.3 Å². The lowest BCUT2D eigenvalue weighted by molar-refractivity contribution is 0.0524. The number of benzene rings is 1.